The van der Waals surface area contributed by atoms with E-state index in [1.54, 1.807) is 18.2 Å². The van der Waals surface area contributed by atoms with Gasteiger partial charge in [-0.25, -0.2) is 4.98 Å². The highest BCUT2D eigenvalue weighted by molar-refractivity contribution is 9.10. The Morgan fingerprint density at radius 2 is 1.80 bits per heavy atom. The third kappa shape index (κ3) is 5.09. The first kappa shape index (κ1) is 19.0. The summed E-state index contributed by atoms with van der Waals surface area (Å²) in [6, 6.07) is 6.99. The SMILES string of the molecule is COc1cccc(OC)c1CON=Cc1cc(C(F)(F)F)cc(Br)n1. The molecule has 5 nitrogen and oxygen atoms in total. The molecule has 9 heteroatoms. The van der Waals surface area contributed by atoms with Crippen molar-refractivity contribution in [2.45, 2.75) is 12.8 Å². The number of halogens is 4. The van der Waals surface area contributed by atoms with Crippen LogP contribution in [0.2, 0.25) is 0 Å². The molecule has 0 atom stereocenters. The summed E-state index contributed by atoms with van der Waals surface area (Å²) in [6.45, 7) is 0.0177. The van der Waals surface area contributed by atoms with E-state index >= 15 is 0 Å². The maximum absolute atomic E-state index is 12.8. The molecule has 0 aliphatic heterocycles. The van der Waals surface area contributed by atoms with Crippen molar-refractivity contribution in [1.82, 2.24) is 4.98 Å². The van der Waals surface area contributed by atoms with Crippen LogP contribution < -0.4 is 9.47 Å². The Kier molecular flexibility index (Phi) is 6.24. The van der Waals surface area contributed by atoms with Crippen LogP contribution in [0.15, 0.2) is 40.1 Å². The summed E-state index contributed by atoms with van der Waals surface area (Å²) in [5, 5.41) is 3.67. The average Bonchev–Trinajstić information content (AvgIpc) is 2.57. The number of alkyl halides is 3. The molecule has 0 N–H and O–H groups in total. The number of hydrogen-bond donors (Lipinski definition) is 0. The molecule has 1 heterocycles. The van der Waals surface area contributed by atoms with Crippen LogP contribution in [0.1, 0.15) is 16.8 Å². The third-order valence-electron chi connectivity index (χ3n) is 3.14. The molecule has 0 bridgehead atoms. The van der Waals surface area contributed by atoms with Crippen molar-refractivity contribution >= 4 is 22.1 Å². The van der Waals surface area contributed by atoms with E-state index in [0.29, 0.717) is 17.1 Å². The quantitative estimate of drug-likeness (QED) is 0.395. The molecule has 25 heavy (non-hydrogen) atoms. The van der Waals surface area contributed by atoms with Gasteiger partial charge in [0.15, 0.2) is 0 Å². The summed E-state index contributed by atoms with van der Waals surface area (Å²) >= 11 is 2.94. The van der Waals surface area contributed by atoms with E-state index < -0.39 is 11.7 Å². The Morgan fingerprint density at radius 3 is 2.36 bits per heavy atom. The lowest BCUT2D eigenvalue weighted by Gasteiger charge is -2.11. The fourth-order valence-electron chi connectivity index (χ4n) is 2.01. The smallest absolute Gasteiger partial charge is 0.416 e. The lowest BCUT2D eigenvalue weighted by Crippen LogP contribution is -2.07. The van der Waals surface area contributed by atoms with Gasteiger partial charge >= 0.3 is 6.18 Å². The lowest BCUT2D eigenvalue weighted by atomic mass is 10.2. The molecule has 1 aromatic carbocycles. The molecule has 0 amide bonds. The largest absolute Gasteiger partial charge is 0.496 e. The highest BCUT2D eigenvalue weighted by Gasteiger charge is 2.31. The Hall–Kier alpha value is -2.29. The van der Waals surface area contributed by atoms with Gasteiger partial charge in [-0.2, -0.15) is 13.2 Å². The Morgan fingerprint density at radius 1 is 1.16 bits per heavy atom. The first-order valence-corrected chi connectivity index (χ1v) is 7.74. The van der Waals surface area contributed by atoms with Gasteiger partial charge in [0.05, 0.1) is 37.3 Å². The zero-order valence-electron chi connectivity index (χ0n) is 13.3. The molecule has 2 aromatic rings. The Balaban J connectivity index is 2.12. The van der Waals surface area contributed by atoms with Gasteiger partial charge in [0, 0.05) is 0 Å². The number of methoxy groups -OCH3 is 2. The molecule has 0 saturated heterocycles. The van der Waals surface area contributed by atoms with Crippen LogP contribution >= 0.6 is 15.9 Å². The number of oxime groups is 1. The monoisotopic (exact) mass is 418 g/mol. The third-order valence-corrected chi connectivity index (χ3v) is 3.55. The van der Waals surface area contributed by atoms with Gasteiger partial charge in [0.1, 0.15) is 22.7 Å². The van der Waals surface area contributed by atoms with Crippen LogP contribution in [0.3, 0.4) is 0 Å². The maximum Gasteiger partial charge on any atom is 0.416 e. The highest BCUT2D eigenvalue weighted by Crippen LogP contribution is 2.31. The van der Waals surface area contributed by atoms with Crippen molar-refractivity contribution in [2.75, 3.05) is 14.2 Å². The van der Waals surface area contributed by atoms with Gasteiger partial charge < -0.3 is 14.3 Å². The van der Waals surface area contributed by atoms with Crippen molar-refractivity contribution in [3.8, 4) is 11.5 Å². The van der Waals surface area contributed by atoms with Crippen molar-refractivity contribution in [1.29, 1.82) is 0 Å². The minimum atomic E-state index is -4.47. The van der Waals surface area contributed by atoms with Crippen molar-refractivity contribution < 1.29 is 27.5 Å². The number of ether oxygens (including phenoxy) is 2. The molecule has 0 aliphatic carbocycles. The van der Waals surface area contributed by atoms with Gasteiger partial charge in [-0.3, -0.25) is 0 Å². The van der Waals surface area contributed by atoms with Gasteiger partial charge in [0.2, 0.25) is 0 Å². The summed E-state index contributed by atoms with van der Waals surface area (Å²) in [6.07, 6.45) is -3.37. The van der Waals surface area contributed by atoms with E-state index in [0.717, 1.165) is 18.3 Å². The second-order valence-corrected chi connectivity index (χ2v) is 5.56. The second kappa shape index (κ2) is 8.19. The second-order valence-electron chi connectivity index (χ2n) is 4.75. The van der Waals surface area contributed by atoms with Gasteiger partial charge in [-0.15, -0.1) is 0 Å². The minimum Gasteiger partial charge on any atom is -0.496 e. The van der Waals surface area contributed by atoms with Gasteiger partial charge in [0.25, 0.3) is 0 Å². The lowest BCUT2D eigenvalue weighted by molar-refractivity contribution is -0.137. The Bertz CT molecular complexity index is 745. The molecule has 0 fully saturated rings. The average molecular weight is 419 g/mol. The number of pyridine rings is 1. The first-order valence-electron chi connectivity index (χ1n) is 6.95. The molecular formula is C16H14BrF3N2O3. The molecule has 0 spiro atoms. The van der Waals surface area contributed by atoms with Crippen LogP contribution in [0.4, 0.5) is 13.2 Å². The van der Waals surface area contributed by atoms with E-state index in [2.05, 4.69) is 26.1 Å². The van der Waals surface area contributed by atoms with Gasteiger partial charge in [-0.1, -0.05) is 11.2 Å². The number of rotatable bonds is 6. The predicted molar refractivity (Wildman–Crippen MR) is 88.9 cm³/mol. The van der Waals surface area contributed by atoms with Crippen LogP contribution in [0.25, 0.3) is 0 Å². The number of hydrogen-bond acceptors (Lipinski definition) is 5. The summed E-state index contributed by atoms with van der Waals surface area (Å²) in [5.41, 5.74) is -0.196. The number of nitrogens with zero attached hydrogens (tertiary/aromatic N) is 2. The molecule has 0 radical (unpaired) electrons. The standard InChI is InChI=1S/C16H14BrF3N2O3/c1-23-13-4-3-5-14(24-2)12(13)9-25-21-8-11-6-10(16(18,19)20)7-15(17)22-11/h3-8H,9H2,1-2H3. The zero-order chi connectivity index (χ0) is 18.4. The van der Waals surface area contributed by atoms with E-state index in [-0.39, 0.29) is 16.9 Å². The van der Waals surface area contributed by atoms with E-state index in [1.165, 1.54) is 14.2 Å². The van der Waals surface area contributed by atoms with E-state index in [1.807, 2.05) is 0 Å². The van der Waals surface area contributed by atoms with Crippen LogP contribution in [-0.4, -0.2) is 25.4 Å². The molecule has 2 rings (SSSR count). The summed E-state index contributed by atoms with van der Waals surface area (Å²) in [4.78, 5) is 9.04. The molecule has 134 valence electrons. The topological polar surface area (TPSA) is 52.9 Å². The summed E-state index contributed by atoms with van der Waals surface area (Å²) in [5.74, 6) is 1.10. The molecule has 1 aromatic heterocycles. The predicted octanol–water partition coefficient (Wildman–Crippen LogP) is 4.43. The van der Waals surface area contributed by atoms with Crippen molar-refractivity contribution in [2.24, 2.45) is 5.16 Å². The van der Waals surface area contributed by atoms with Crippen molar-refractivity contribution in [3.63, 3.8) is 0 Å². The Labute approximate surface area is 150 Å². The van der Waals surface area contributed by atoms with Crippen LogP contribution in [0, 0.1) is 0 Å². The minimum absolute atomic E-state index is 0.00805. The van der Waals surface area contributed by atoms with Gasteiger partial charge in [-0.05, 0) is 40.2 Å². The normalized spacial score (nSPS) is 11.6. The number of benzene rings is 1. The number of aromatic nitrogens is 1. The summed E-state index contributed by atoms with van der Waals surface area (Å²) in [7, 11) is 3.01. The zero-order valence-corrected chi connectivity index (χ0v) is 14.9. The van der Waals surface area contributed by atoms with Crippen LogP contribution in [0.5, 0.6) is 11.5 Å². The van der Waals surface area contributed by atoms with Crippen LogP contribution in [-0.2, 0) is 17.6 Å². The highest BCUT2D eigenvalue weighted by atomic mass is 79.9. The van der Waals surface area contributed by atoms with Crippen molar-refractivity contribution in [3.05, 3.63) is 51.8 Å². The van der Waals surface area contributed by atoms with E-state index in [9.17, 15) is 13.2 Å². The molecule has 0 saturated carbocycles. The fraction of sp³-hybridized carbons (Fsp3) is 0.250. The molecule has 0 unspecified atom stereocenters. The summed E-state index contributed by atoms with van der Waals surface area (Å²) < 4.78 is 48.8. The maximum atomic E-state index is 12.8. The molecule has 0 aliphatic rings. The molecular weight excluding hydrogens is 405 g/mol. The van der Waals surface area contributed by atoms with E-state index in [4.69, 9.17) is 14.3 Å². The fourth-order valence-corrected chi connectivity index (χ4v) is 2.46. The first-order chi connectivity index (χ1) is 11.8.